The Labute approximate surface area is 127 Å². The van der Waals surface area contributed by atoms with Crippen LogP contribution in [0.15, 0.2) is 42.5 Å². The van der Waals surface area contributed by atoms with Crippen molar-refractivity contribution >= 4 is 5.91 Å². The van der Waals surface area contributed by atoms with E-state index in [-0.39, 0.29) is 6.54 Å². The van der Waals surface area contributed by atoms with Crippen molar-refractivity contribution in [3.8, 4) is 0 Å². The number of carbonyl (C=O) groups is 1. The monoisotopic (exact) mass is 305 g/mol. The van der Waals surface area contributed by atoms with Crippen molar-refractivity contribution in [3.63, 3.8) is 0 Å². The van der Waals surface area contributed by atoms with Crippen molar-refractivity contribution in [2.24, 2.45) is 0 Å². The summed E-state index contributed by atoms with van der Waals surface area (Å²) in [5.41, 5.74) is 0.0114. The van der Waals surface area contributed by atoms with Crippen LogP contribution in [0.2, 0.25) is 0 Å². The summed E-state index contributed by atoms with van der Waals surface area (Å²) in [7, 11) is 0. The van der Waals surface area contributed by atoms with Crippen molar-refractivity contribution in [3.05, 3.63) is 70.8 Å². The van der Waals surface area contributed by atoms with E-state index in [1.54, 1.807) is 6.92 Å². The van der Waals surface area contributed by atoms with Crippen LogP contribution in [0.25, 0.3) is 0 Å². The number of halogens is 2. The molecule has 1 amide bonds. The summed E-state index contributed by atoms with van der Waals surface area (Å²) in [5, 5.41) is 13.0. The number of benzene rings is 2. The van der Waals surface area contributed by atoms with Gasteiger partial charge in [0.25, 0.3) is 5.91 Å². The predicted octanol–water partition coefficient (Wildman–Crippen LogP) is 2.91. The summed E-state index contributed by atoms with van der Waals surface area (Å²) >= 11 is 0. The fraction of sp³-hybridized carbons (Fsp3) is 0.235. The number of hydrogen-bond donors (Lipinski definition) is 2. The van der Waals surface area contributed by atoms with Crippen LogP contribution < -0.4 is 5.32 Å². The van der Waals surface area contributed by atoms with Crippen LogP contribution in [0.1, 0.15) is 28.4 Å². The lowest BCUT2D eigenvalue weighted by atomic mass is 9.96. The van der Waals surface area contributed by atoms with E-state index in [1.807, 2.05) is 0 Å². The molecule has 2 rings (SSSR count). The Morgan fingerprint density at radius 2 is 1.73 bits per heavy atom. The largest absolute Gasteiger partial charge is 0.384 e. The topological polar surface area (TPSA) is 49.3 Å². The number of carbonyl (C=O) groups excluding carboxylic acids is 1. The Kier molecular flexibility index (Phi) is 4.56. The lowest BCUT2D eigenvalue weighted by Crippen LogP contribution is -2.38. The third kappa shape index (κ3) is 3.68. The van der Waals surface area contributed by atoms with Crippen molar-refractivity contribution in [2.45, 2.75) is 19.4 Å². The summed E-state index contributed by atoms with van der Waals surface area (Å²) in [6.07, 6.45) is 0. The standard InChI is InChI=1S/C17H17F2NO2/c1-11-9-14(19)7-8-15(11)16(21)20-10-17(2,22)12-3-5-13(18)6-4-12/h3-9,22H,10H2,1-2H3,(H,20,21). The molecule has 1 unspecified atom stereocenters. The first-order valence-electron chi connectivity index (χ1n) is 6.82. The quantitative estimate of drug-likeness (QED) is 0.912. The van der Waals surface area contributed by atoms with Gasteiger partial charge in [0.15, 0.2) is 0 Å². The highest BCUT2D eigenvalue weighted by Gasteiger charge is 2.24. The first-order chi connectivity index (χ1) is 10.3. The molecule has 2 aromatic carbocycles. The lowest BCUT2D eigenvalue weighted by molar-refractivity contribution is 0.0525. The second-order valence-corrected chi connectivity index (χ2v) is 5.42. The van der Waals surface area contributed by atoms with Crippen LogP contribution in [0.4, 0.5) is 8.78 Å². The summed E-state index contributed by atoms with van der Waals surface area (Å²) in [4.78, 5) is 12.1. The Morgan fingerprint density at radius 3 is 2.32 bits per heavy atom. The second-order valence-electron chi connectivity index (χ2n) is 5.42. The molecule has 22 heavy (non-hydrogen) atoms. The lowest BCUT2D eigenvalue weighted by Gasteiger charge is -2.24. The van der Waals surface area contributed by atoms with E-state index in [4.69, 9.17) is 0 Å². The Hall–Kier alpha value is -2.27. The molecule has 0 aliphatic rings. The highest BCUT2D eigenvalue weighted by atomic mass is 19.1. The van der Waals surface area contributed by atoms with Gasteiger partial charge in [0, 0.05) is 5.56 Å². The number of aryl methyl sites for hydroxylation is 1. The zero-order chi connectivity index (χ0) is 16.3. The van der Waals surface area contributed by atoms with Gasteiger partial charge < -0.3 is 10.4 Å². The minimum Gasteiger partial charge on any atom is -0.384 e. The Balaban J connectivity index is 2.08. The van der Waals surface area contributed by atoms with Crippen molar-refractivity contribution in [1.82, 2.24) is 5.32 Å². The smallest absolute Gasteiger partial charge is 0.251 e. The number of nitrogens with one attached hydrogen (secondary N) is 1. The van der Waals surface area contributed by atoms with Crippen LogP contribution in [-0.4, -0.2) is 17.6 Å². The van der Waals surface area contributed by atoms with Crippen LogP contribution in [0.3, 0.4) is 0 Å². The summed E-state index contributed by atoms with van der Waals surface area (Å²) in [6.45, 7) is 3.11. The predicted molar refractivity (Wildman–Crippen MR) is 79.4 cm³/mol. The average Bonchev–Trinajstić information content (AvgIpc) is 2.45. The maximum absolute atomic E-state index is 13.0. The molecule has 0 heterocycles. The van der Waals surface area contributed by atoms with Crippen LogP contribution in [0.5, 0.6) is 0 Å². The number of aliphatic hydroxyl groups is 1. The van der Waals surface area contributed by atoms with Gasteiger partial charge in [0.1, 0.15) is 17.2 Å². The first kappa shape index (κ1) is 16.1. The highest BCUT2D eigenvalue weighted by Crippen LogP contribution is 2.20. The third-order valence-corrected chi connectivity index (χ3v) is 3.49. The molecule has 116 valence electrons. The number of hydrogen-bond acceptors (Lipinski definition) is 2. The van der Waals surface area contributed by atoms with E-state index in [9.17, 15) is 18.7 Å². The zero-order valence-electron chi connectivity index (χ0n) is 12.4. The molecule has 1 atom stereocenters. The molecule has 0 bridgehead atoms. The SMILES string of the molecule is Cc1cc(F)ccc1C(=O)NCC(C)(O)c1ccc(F)cc1. The molecule has 5 heteroatoms. The average molecular weight is 305 g/mol. The summed E-state index contributed by atoms with van der Waals surface area (Å²) in [5.74, 6) is -1.21. The fourth-order valence-electron chi connectivity index (χ4n) is 2.14. The zero-order valence-corrected chi connectivity index (χ0v) is 12.4. The fourth-order valence-corrected chi connectivity index (χ4v) is 2.14. The molecule has 0 radical (unpaired) electrons. The second kappa shape index (κ2) is 6.23. The van der Waals surface area contributed by atoms with E-state index in [0.717, 1.165) is 0 Å². The number of rotatable bonds is 4. The van der Waals surface area contributed by atoms with Gasteiger partial charge in [0.2, 0.25) is 0 Å². The van der Waals surface area contributed by atoms with Crippen molar-refractivity contribution < 1.29 is 18.7 Å². The van der Waals surface area contributed by atoms with Gasteiger partial charge in [-0.3, -0.25) is 4.79 Å². The molecule has 2 aromatic rings. The highest BCUT2D eigenvalue weighted by molar-refractivity contribution is 5.95. The van der Waals surface area contributed by atoms with Gasteiger partial charge in [-0.25, -0.2) is 8.78 Å². The summed E-state index contributed by atoms with van der Waals surface area (Å²) in [6, 6.07) is 9.29. The number of amides is 1. The van der Waals surface area contributed by atoms with Gasteiger partial charge in [-0.15, -0.1) is 0 Å². The molecule has 0 aromatic heterocycles. The normalized spacial score (nSPS) is 13.5. The molecule has 0 fully saturated rings. The molecule has 0 spiro atoms. The van der Waals surface area contributed by atoms with Gasteiger partial charge in [-0.05, 0) is 55.3 Å². The third-order valence-electron chi connectivity index (χ3n) is 3.49. The minimum atomic E-state index is -1.34. The van der Waals surface area contributed by atoms with Gasteiger partial charge >= 0.3 is 0 Å². The molecule has 0 saturated carbocycles. The maximum atomic E-state index is 13.0. The van der Waals surface area contributed by atoms with Crippen LogP contribution >= 0.6 is 0 Å². The molecular weight excluding hydrogens is 288 g/mol. The minimum absolute atomic E-state index is 0.0473. The molecule has 3 nitrogen and oxygen atoms in total. The van der Waals surface area contributed by atoms with E-state index >= 15 is 0 Å². The van der Waals surface area contributed by atoms with Crippen LogP contribution in [-0.2, 0) is 5.60 Å². The van der Waals surface area contributed by atoms with E-state index in [0.29, 0.717) is 16.7 Å². The molecular formula is C17H17F2NO2. The molecule has 2 N–H and O–H groups in total. The molecule has 0 aliphatic carbocycles. The van der Waals surface area contributed by atoms with Gasteiger partial charge in [0.05, 0.1) is 6.54 Å². The van der Waals surface area contributed by atoms with Crippen molar-refractivity contribution in [2.75, 3.05) is 6.54 Å². The molecule has 0 saturated heterocycles. The van der Waals surface area contributed by atoms with Crippen molar-refractivity contribution in [1.29, 1.82) is 0 Å². The molecule has 0 aliphatic heterocycles. The maximum Gasteiger partial charge on any atom is 0.251 e. The van der Waals surface area contributed by atoms with Gasteiger partial charge in [-0.1, -0.05) is 12.1 Å². The first-order valence-corrected chi connectivity index (χ1v) is 6.82. The van der Waals surface area contributed by atoms with Gasteiger partial charge in [-0.2, -0.15) is 0 Å². The van der Waals surface area contributed by atoms with Crippen LogP contribution in [0, 0.1) is 18.6 Å². The summed E-state index contributed by atoms with van der Waals surface area (Å²) < 4.78 is 25.9. The van der Waals surface area contributed by atoms with E-state index in [1.165, 1.54) is 49.4 Å². The van der Waals surface area contributed by atoms with E-state index in [2.05, 4.69) is 5.32 Å². The Morgan fingerprint density at radius 1 is 1.14 bits per heavy atom. The Bertz CT molecular complexity index is 682. The van der Waals surface area contributed by atoms with E-state index < -0.39 is 23.1 Å².